The molecule has 3 heterocycles. The van der Waals surface area contributed by atoms with Gasteiger partial charge in [0.2, 0.25) is 5.91 Å². The summed E-state index contributed by atoms with van der Waals surface area (Å²) >= 11 is 0. The van der Waals surface area contributed by atoms with Gasteiger partial charge in [0.05, 0.1) is 12.1 Å². The van der Waals surface area contributed by atoms with Crippen molar-refractivity contribution in [2.75, 3.05) is 24.5 Å². The second-order valence-electron chi connectivity index (χ2n) is 6.33. The minimum Gasteiger partial charge on any atom is -0.315 e. The molecular weight excluding hydrogens is 295 g/mol. The minimum absolute atomic E-state index is 0.0770. The number of hydrogen-bond donors (Lipinski definition) is 1. The summed E-state index contributed by atoms with van der Waals surface area (Å²) in [6.45, 7) is 2.05. The van der Waals surface area contributed by atoms with Crippen molar-refractivity contribution < 1.29 is 9.18 Å². The van der Waals surface area contributed by atoms with Crippen LogP contribution in [0.3, 0.4) is 0 Å². The van der Waals surface area contributed by atoms with Gasteiger partial charge in [0.25, 0.3) is 0 Å². The standard InChI is InChI=1S/C17H19FN4O/c1-21-10-12(7-20-21)14-8-19-9-15(14)17(23)22-5-4-11-2-3-13(18)6-16(11)22/h2-3,6-7,10,14-15,19H,4-5,8-9H2,1H3/t14-,15+/m1/s1. The molecule has 0 bridgehead atoms. The third-order valence-electron chi connectivity index (χ3n) is 4.89. The number of halogens is 1. The summed E-state index contributed by atoms with van der Waals surface area (Å²) < 4.78 is 15.3. The van der Waals surface area contributed by atoms with Gasteiger partial charge in [-0.1, -0.05) is 6.07 Å². The summed E-state index contributed by atoms with van der Waals surface area (Å²) in [6.07, 6.45) is 4.59. The van der Waals surface area contributed by atoms with Crippen molar-refractivity contribution in [2.24, 2.45) is 13.0 Å². The first-order valence-electron chi connectivity index (χ1n) is 7.92. The molecule has 1 amide bonds. The Morgan fingerprint density at radius 2 is 2.26 bits per heavy atom. The summed E-state index contributed by atoms with van der Waals surface area (Å²) in [5.74, 6) is -0.229. The lowest BCUT2D eigenvalue weighted by Crippen LogP contribution is -2.37. The van der Waals surface area contributed by atoms with E-state index in [0.29, 0.717) is 13.1 Å². The first-order valence-corrected chi connectivity index (χ1v) is 7.92. The van der Waals surface area contributed by atoms with Gasteiger partial charge in [-0.3, -0.25) is 9.48 Å². The Balaban J connectivity index is 1.61. The Hall–Kier alpha value is -2.21. The van der Waals surface area contributed by atoms with E-state index in [1.165, 1.54) is 12.1 Å². The molecule has 1 aromatic heterocycles. The molecule has 1 saturated heterocycles. The molecule has 1 N–H and O–H groups in total. The van der Waals surface area contributed by atoms with Gasteiger partial charge < -0.3 is 10.2 Å². The maximum absolute atomic E-state index is 13.6. The van der Waals surface area contributed by atoms with Gasteiger partial charge in [-0.15, -0.1) is 0 Å². The summed E-state index contributed by atoms with van der Waals surface area (Å²) in [5, 5.41) is 7.53. The van der Waals surface area contributed by atoms with Crippen LogP contribution in [0, 0.1) is 11.7 Å². The first-order chi connectivity index (χ1) is 11.1. The number of aryl methyl sites for hydroxylation is 1. The molecule has 0 aliphatic carbocycles. The van der Waals surface area contributed by atoms with Crippen LogP contribution in [0.1, 0.15) is 17.0 Å². The van der Waals surface area contributed by atoms with E-state index in [0.717, 1.165) is 29.8 Å². The zero-order valence-corrected chi connectivity index (χ0v) is 13.0. The number of benzene rings is 1. The third kappa shape index (κ3) is 2.43. The van der Waals surface area contributed by atoms with E-state index in [2.05, 4.69) is 10.4 Å². The molecule has 0 spiro atoms. The Morgan fingerprint density at radius 1 is 1.39 bits per heavy atom. The number of nitrogens with zero attached hydrogens (tertiary/aromatic N) is 3. The average Bonchev–Trinajstić information content (AvgIpc) is 3.24. The topological polar surface area (TPSA) is 50.2 Å². The molecule has 0 radical (unpaired) electrons. The highest BCUT2D eigenvalue weighted by Gasteiger charge is 2.39. The Morgan fingerprint density at radius 3 is 3.04 bits per heavy atom. The van der Waals surface area contributed by atoms with Gasteiger partial charge in [-0.25, -0.2) is 4.39 Å². The Labute approximate surface area is 134 Å². The van der Waals surface area contributed by atoms with Crippen LogP contribution < -0.4 is 10.2 Å². The number of carbonyl (C=O) groups excluding carboxylic acids is 1. The van der Waals surface area contributed by atoms with Crippen molar-refractivity contribution in [3.8, 4) is 0 Å². The highest BCUT2D eigenvalue weighted by atomic mass is 19.1. The lowest BCUT2D eigenvalue weighted by molar-refractivity contribution is -0.122. The maximum atomic E-state index is 13.6. The van der Waals surface area contributed by atoms with Crippen LogP contribution in [-0.4, -0.2) is 35.3 Å². The van der Waals surface area contributed by atoms with Crippen molar-refractivity contribution in [1.29, 1.82) is 0 Å². The summed E-state index contributed by atoms with van der Waals surface area (Å²) in [4.78, 5) is 14.8. The summed E-state index contributed by atoms with van der Waals surface area (Å²) in [5.41, 5.74) is 2.85. The van der Waals surface area contributed by atoms with Crippen molar-refractivity contribution in [1.82, 2.24) is 15.1 Å². The lowest BCUT2D eigenvalue weighted by atomic mass is 9.90. The Kier molecular flexibility index (Phi) is 3.41. The van der Waals surface area contributed by atoms with E-state index in [-0.39, 0.29) is 23.6 Å². The lowest BCUT2D eigenvalue weighted by Gasteiger charge is -2.24. The second kappa shape index (κ2) is 5.45. The number of rotatable bonds is 2. The van der Waals surface area contributed by atoms with Crippen LogP contribution in [0.15, 0.2) is 30.6 Å². The number of nitrogens with one attached hydrogen (secondary N) is 1. The molecule has 2 aliphatic rings. The fraction of sp³-hybridized carbons (Fsp3) is 0.412. The number of fused-ring (bicyclic) bond motifs is 1. The number of carbonyl (C=O) groups is 1. The van der Waals surface area contributed by atoms with Crippen molar-refractivity contribution in [3.05, 3.63) is 47.5 Å². The quantitative estimate of drug-likeness (QED) is 0.913. The van der Waals surface area contributed by atoms with E-state index in [1.54, 1.807) is 15.6 Å². The molecule has 5 nitrogen and oxygen atoms in total. The molecule has 6 heteroatoms. The van der Waals surface area contributed by atoms with E-state index in [1.807, 2.05) is 19.4 Å². The van der Waals surface area contributed by atoms with Crippen molar-refractivity contribution in [3.63, 3.8) is 0 Å². The number of anilines is 1. The first kappa shape index (κ1) is 14.4. The fourth-order valence-electron chi connectivity index (χ4n) is 3.70. The molecule has 2 aliphatic heterocycles. The molecule has 0 saturated carbocycles. The SMILES string of the molecule is Cn1cc([C@H]2CNC[C@@H]2C(=O)N2CCc3ccc(F)cc32)cn1. The predicted octanol–water partition coefficient (Wildman–Crippen LogP) is 1.45. The van der Waals surface area contributed by atoms with E-state index in [4.69, 9.17) is 0 Å². The molecule has 2 atom stereocenters. The van der Waals surface area contributed by atoms with E-state index in [9.17, 15) is 9.18 Å². The van der Waals surface area contributed by atoms with Gasteiger partial charge in [-0.05, 0) is 29.7 Å². The van der Waals surface area contributed by atoms with Crippen LogP contribution >= 0.6 is 0 Å². The van der Waals surface area contributed by atoms with Crippen LogP contribution in [0.5, 0.6) is 0 Å². The number of aromatic nitrogens is 2. The molecule has 0 unspecified atom stereocenters. The monoisotopic (exact) mass is 314 g/mol. The highest BCUT2D eigenvalue weighted by Crippen LogP contribution is 2.34. The molecule has 1 aromatic carbocycles. The van der Waals surface area contributed by atoms with Crippen LogP contribution in [-0.2, 0) is 18.3 Å². The fourth-order valence-corrected chi connectivity index (χ4v) is 3.70. The molecule has 2 aromatic rings. The van der Waals surface area contributed by atoms with Crippen LogP contribution in [0.4, 0.5) is 10.1 Å². The van der Waals surface area contributed by atoms with E-state index >= 15 is 0 Å². The van der Waals surface area contributed by atoms with Gasteiger partial charge in [0.1, 0.15) is 5.82 Å². The average molecular weight is 314 g/mol. The van der Waals surface area contributed by atoms with Crippen molar-refractivity contribution in [2.45, 2.75) is 12.3 Å². The van der Waals surface area contributed by atoms with Crippen LogP contribution in [0.2, 0.25) is 0 Å². The number of amides is 1. The minimum atomic E-state index is -0.295. The van der Waals surface area contributed by atoms with Crippen LogP contribution in [0.25, 0.3) is 0 Å². The molecule has 23 heavy (non-hydrogen) atoms. The molecule has 1 fully saturated rings. The molecule has 4 rings (SSSR count). The molecular formula is C17H19FN4O. The molecule has 120 valence electrons. The number of hydrogen-bond acceptors (Lipinski definition) is 3. The summed E-state index contributed by atoms with van der Waals surface area (Å²) in [7, 11) is 1.88. The highest BCUT2D eigenvalue weighted by molar-refractivity contribution is 5.97. The van der Waals surface area contributed by atoms with Gasteiger partial charge >= 0.3 is 0 Å². The van der Waals surface area contributed by atoms with Crippen molar-refractivity contribution >= 4 is 11.6 Å². The van der Waals surface area contributed by atoms with Gasteiger partial charge in [0.15, 0.2) is 0 Å². The smallest absolute Gasteiger partial charge is 0.232 e. The summed E-state index contributed by atoms with van der Waals surface area (Å²) in [6, 6.07) is 4.72. The van der Waals surface area contributed by atoms with E-state index < -0.39 is 0 Å². The van der Waals surface area contributed by atoms with Gasteiger partial charge in [-0.2, -0.15) is 5.10 Å². The predicted molar refractivity (Wildman–Crippen MR) is 84.8 cm³/mol. The second-order valence-corrected chi connectivity index (χ2v) is 6.33. The third-order valence-corrected chi connectivity index (χ3v) is 4.89. The van der Waals surface area contributed by atoms with Gasteiger partial charge in [0, 0.05) is 44.5 Å². The zero-order valence-electron chi connectivity index (χ0n) is 13.0. The Bertz CT molecular complexity index is 757. The maximum Gasteiger partial charge on any atom is 0.232 e. The normalized spacial score (nSPS) is 23.3. The zero-order chi connectivity index (χ0) is 16.0. The largest absolute Gasteiger partial charge is 0.315 e.